The standard InChI is InChI=1S/C16H30O7S/c1-15(2,3)7-9-22-13(17)11-12(24(19,20)21)14(18)23-10-8-16(4,5)6/h12H,7-11H2,1-6H3,(H,19,20,21). The van der Waals surface area contributed by atoms with E-state index in [2.05, 4.69) is 0 Å². The quantitative estimate of drug-likeness (QED) is 0.519. The number of ether oxygens (including phenoxy) is 2. The monoisotopic (exact) mass is 366 g/mol. The Morgan fingerprint density at radius 2 is 1.33 bits per heavy atom. The maximum absolute atomic E-state index is 11.9. The van der Waals surface area contributed by atoms with Crippen molar-refractivity contribution in [3.05, 3.63) is 0 Å². The molecule has 0 saturated heterocycles. The van der Waals surface area contributed by atoms with Crippen LogP contribution >= 0.6 is 0 Å². The lowest BCUT2D eigenvalue weighted by atomic mass is 9.93. The molecule has 1 atom stereocenters. The van der Waals surface area contributed by atoms with Gasteiger partial charge < -0.3 is 9.47 Å². The average Bonchev–Trinajstić information content (AvgIpc) is 2.31. The van der Waals surface area contributed by atoms with Gasteiger partial charge in [-0.05, 0) is 23.7 Å². The lowest BCUT2D eigenvalue weighted by Crippen LogP contribution is -2.35. The molecule has 7 nitrogen and oxygen atoms in total. The van der Waals surface area contributed by atoms with E-state index in [1.54, 1.807) is 0 Å². The van der Waals surface area contributed by atoms with Crippen molar-refractivity contribution in [1.29, 1.82) is 0 Å². The van der Waals surface area contributed by atoms with Crippen LogP contribution in [0.25, 0.3) is 0 Å². The first-order chi connectivity index (χ1) is 10.6. The molecule has 0 heterocycles. The van der Waals surface area contributed by atoms with Crippen LogP contribution in [-0.2, 0) is 29.2 Å². The molecule has 1 unspecified atom stereocenters. The molecule has 0 radical (unpaired) electrons. The second-order valence-corrected chi connectivity index (χ2v) is 9.82. The van der Waals surface area contributed by atoms with Gasteiger partial charge in [0.15, 0.2) is 5.25 Å². The summed E-state index contributed by atoms with van der Waals surface area (Å²) in [5.41, 5.74) is -0.144. The van der Waals surface area contributed by atoms with Crippen LogP contribution in [0.5, 0.6) is 0 Å². The van der Waals surface area contributed by atoms with Gasteiger partial charge in [0.2, 0.25) is 0 Å². The molecular formula is C16H30O7S. The van der Waals surface area contributed by atoms with Gasteiger partial charge in [-0.2, -0.15) is 8.42 Å². The summed E-state index contributed by atoms with van der Waals surface area (Å²) in [6.07, 6.45) is 0.343. The predicted octanol–water partition coefficient (Wildman–Crippen LogP) is 2.59. The van der Waals surface area contributed by atoms with Crippen LogP contribution in [-0.4, -0.2) is 43.4 Å². The van der Waals surface area contributed by atoms with E-state index in [4.69, 9.17) is 9.47 Å². The molecule has 0 bridgehead atoms. The van der Waals surface area contributed by atoms with E-state index in [0.29, 0.717) is 12.8 Å². The fraction of sp³-hybridized carbons (Fsp3) is 0.875. The third-order valence-electron chi connectivity index (χ3n) is 3.19. The van der Waals surface area contributed by atoms with Crippen LogP contribution in [0, 0.1) is 10.8 Å². The minimum absolute atomic E-state index is 0.00737. The SMILES string of the molecule is CC(C)(C)CCOC(=O)CC(C(=O)OCCC(C)(C)C)S(=O)(=O)O. The van der Waals surface area contributed by atoms with Crippen molar-refractivity contribution in [2.24, 2.45) is 10.8 Å². The van der Waals surface area contributed by atoms with E-state index in [1.165, 1.54) is 0 Å². The highest BCUT2D eigenvalue weighted by atomic mass is 32.2. The molecule has 0 aromatic heterocycles. The Bertz CT molecular complexity index is 524. The van der Waals surface area contributed by atoms with E-state index in [9.17, 15) is 22.6 Å². The molecule has 0 aromatic rings. The summed E-state index contributed by atoms with van der Waals surface area (Å²) in [5.74, 6) is -2.01. The number of carbonyl (C=O) groups is 2. The van der Waals surface area contributed by atoms with Gasteiger partial charge in [0.25, 0.3) is 10.1 Å². The fourth-order valence-corrected chi connectivity index (χ4v) is 2.20. The first kappa shape index (κ1) is 22.9. The van der Waals surface area contributed by atoms with Gasteiger partial charge >= 0.3 is 11.9 Å². The fourth-order valence-electron chi connectivity index (χ4n) is 1.54. The molecule has 24 heavy (non-hydrogen) atoms. The molecule has 0 amide bonds. The third-order valence-corrected chi connectivity index (χ3v) is 4.26. The van der Waals surface area contributed by atoms with Gasteiger partial charge in [0.1, 0.15) is 0 Å². The summed E-state index contributed by atoms with van der Waals surface area (Å²) in [7, 11) is -4.75. The van der Waals surface area contributed by atoms with E-state index in [-0.39, 0.29) is 24.0 Å². The highest BCUT2D eigenvalue weighted by molar-refractivity contribution is 7.87. The smallest absolute Gasteiger partial charge is 0.327 e. The summed E-state index contributed by atoms with van der Waals surface area (Å²) < 4.78 is 41.7. The molecule has 0 fully saturated rings. The summed E-state index contributed by atoms with van der Waals surface area (Å²) in [4.78, 5) is 23.6. The molecule has 0 spiro atoms. The molecule has 142 valence electrons. The molecule has 0 rings (SSSR count). The Balaban J connectivity index is 4.63. The maximum atomic E-state index is 11.9. The van der Waals surface area contributed by atoms with Gasteiger partial charge in [-0.3, -0.25) is 14.1 Å². The molecular weight excluding hydrogens is 336 g/mol. The Morgan fingerprint density at radius 3 is 1.71 bits per heavy atom. The summed E-state index contributed by atoms with van der Waals surface area (Å²) in [6.45, 7) is 11.8. The van der Waals surface area contributed by atoms with E-state index in [1.807, 2.05) is 41.5 Å². The number of hydrogen-bond acceptors (Lipinski definition) is 6. The van der Waals surface area contributed by atoms with Gasteiger partial charge in [-0.1, -0.05) is 41.5 Å². The maximum Gasteiger partial charge on any atom is 0.327 e. The number of hydrogen-bond donors (Lipinski definition) is 1. The molecule has 0 aliphatic rings. The second kappa shape index (κ2) is 8.80. The summed E-state index contributed by atoms with van der Waals surface area (Å²) in [6, 6.07) is 0. The van der Waals surface area contributed by atoms with Crippen molar-refractivity contribution >= 4 is 22.1 Å². The van der Waals surface area contributed by atoms with Crippen molar-refractivity contribution in [3.8, 4) is 0 Å². The molecule has 0 aliphatic heterocycles. The first-order valence-electron chi connectivity index (χ1n) is 7.90. The largest absolute Gasteiger partial charge is 0.466 e. The molecule has 1 N–H and O–H groups in total. The van der Waals surface area contributed by atoms with Crippen LogP contribution in [0.4, 0.5) is 0 Å². The van der Waals surface area contributed by atoms with Crippen molar-refractivity contribution in [1.82, 2.24) is 0 Å². The Hall–Kier alpha value is -1.15. The number of esters is 2. The van der Waals surface area contributed by atoms with Crippen molar-refractivity contribution < 1.29 is 32.0 Å². The van der Waals surface area contributed by atoms with Crippen LogP contribution < -0.4 is 0 Å². The third kappa shape index (κ3) is 11.4. The minimum Gasteiger partial charge on any atom is -0.466 e. The molecule has 0 aliphatic carbocycles. The van der Waals surface area contributed by atoms with Gasteiger partial charge in [0.05, 0.1) is 19.6 Å². The second-order valence-electron chi connectivity index (χ2n) is 8.22. The first-order valence-corrected chi connectivity index (χ1v) is 9.41. The lowest BCUT2D eigenvalue weighted by molar-refractivity contribution is -0.150. The van der Waals surface area contributed by atoms with Crippen LogP contribution in [0.1, 0.15) is 60.8 Å². The molecule has 0 saturated carbocycles. The van der Waals surface area contributed by atoms with Crippen LogP contribution in [0.2, 0.25) is 0 Å². The zero-order valence-corrected chi connectivity index (χ0v) is 16.2. The van der Waals surface area contributed by atoms with Crippen molar-refractivity contribution in [2.45, 2.75) is 66.1 Å². The minimum atomic E-state index is -4.75. The topological polar surface area (TPSA) is 107 Å². The zero-order chi connectivity index (χ0) is 19.2. The molecule has 0 aromatic carbocycles. The highest BCUT2D eigenvalue weighted by Crippen LogP contribution is 2.20. The van der Waals surface area contributed by atoms with Crippen molar-refractivity contribution in [2.75, 3.05) is 13.2 Å². The van der Waals surface area contributed by atoms with E-state index < -0.39 is 33.7 Å². The van der Waals surface area contributed by atoms with Crippen LogP contribution in [0.15, 0.2) is 0 Å². The summed E-state index contributed by atoms with van der Waals surface area (Å²) in [5, 5.41) is -1.96. The Morgan fingerprint density at radius 1 is 0.917 bits per heavy atom. The lowest BCUT2D eigenvalue weighted by Gasteiger charge is -2.19. The molecule has 8 heteroatoms. The van der Waals surface area contributed by atoms with Gasteiger partial charge in [-0.25, -0.2) is 0 Å². The van der Waals surface area contributed by atoms with Crippen LogP contribution in [0.3, 0.4) is 0 Å². The number of carbonyl (C=O) groups excluding carboxylic acids is 2. The normalized spacial score (nSPS) is 14.1. The number of rotatable bonds is 8. The zero-order valence-electron chi connectivity index (χ0n) is 15.4. The Labute approximate surface area is 144 Å². The van der Waals surface area contributed by atoms with Gasteiger partial charge in [0, 0.05) is 0 Å². The predicted molar refractivity (Wildman–Crippen MR) is 90.0 cm³/mol. The Kier molecular flexibility index (Phi) is 8.38. The van der Waals surface area contributed by atoms with Crippen molar-refractivity contribution in [3.63, 3.8) is 0 Å². The van der Waals surface area contributed by atoms with Gasteiger partial charge in [-0.15, -0.1) is 0 Å². The summed E-state index contributed by atoms with van der Waals surface area (Å²) >= 11 is 0. The van der Waals surface area contributed by atoms with E-state index in [0.717, 1.165) is 0 Å². The average molecular weight is 366 g/mol. The highest BCUT2D eigenvalue weighted by Gasteiger charge is 2.35. The van der Waals surface area contributed by atoms with E-state index >= 15 is 0 Å².